The van der Waals surface area contributed by atoms with Crippen LogP contribution in [0.2, 0.25) is 0 Å². The van der Waals surface area contributed by atoms with E-state index in [2.05, 4.69) is 5.32 Å². The highest BCUT2D eigenvalue weighted by Crippen LogP contribution is 2.15. The molecule has 33 heavy (non-hydrogen) atoms. The number of carbonyl (C=O) groups is 4. The number of morpholine rings is 1. The molecule has 0 saturated carbocycles. The van der Waals surface area contributed by atoms with Crippen molar-refractivity contribution in [2.75, 3.05) is 38.7 Å². The fourth-order valence-corrected chi connectivity index (χ4v) is 3.30. The van der Waals surface area contributed by atoms with Crippen molar-refractivity contribution in [3.05, 3.63) is 59.7 Å². The zero-order valence-electron chi connectivity index (χ0n) is 18.5. The molecule has 9 nitrogen and oxygen atoms in total. The van der Waals surface area contributed by atoms with E-state index < -0.39 is 18.7 Å². The number of hydrogen-bond acceptors (Lipinski definition) is 7. The number of hydrogen-bond donors (Lipinski definition) is 1. The maximum atomic E-state index is 12.3. The molecule has 3 rings (SSSR count). The first-order valence-corrected chi connectivity index (χ1v) is 10.6. The molecule has 0 aromatic heterocycles. The van der Waals surface area contributed by atoms with Crippen molar-refractivity contribution < 1.29 is 33.4 Å². The lowest BCUT2D eigenvalue weighted by Gasteiger charge is -2.31. The molecule has 1 fully saturated rings. The standard InChI is InChI=1S/C24H26N2O7/c1-3-26-12-13-32-21(23(26)29)14-22(28)25-18-8-4-17(5-9-18)24(30)33-15-20(27)16-6-10-19(31-2)11-7-16/h4-11,21H,3,12-15H2,1-2H3,(H,25,28). The molecule has 2 aromatic rings. The molecule has 174 valence electrons. The van der Waals surface area contributed by atoms with Crippen molar-refractivity contribution >= 4 is 29.3 Å². The maximum Gasteiger partial charge on any atom is 0.338 e. The Morgan fingerprint density at radius 2 is 1.73 bits per heavy atom. The summed E-state index contributed by atoms with van der Waals surface area (Å²) in [4.78, 5) is 50.6. The molecular weight excluding hydrogens is 428 g/mol. The van der Waals surface area contributed by atoms with E-state index >= 15 is 0 Å². The van der Waals surface area contributed by atoms with Crippen LogP contribution in [0.15, 0.2) is 48.5 Å². The minimum absolute atomic E-state index is 0.0907. The van der Waals surface area contributed by atoms with Gasteiger partial charge in [-0.15, -0.1) is 0 Å². The number of anilines is 1. The van der Waals surface area contributed by atoms with Crippen LogP contribution in [0.1, 0.15) is 34.1 Å². The number of nitrogens with zero attached hydrogens (tertiary/aromatic N) is 1. The Labute approximate surface area is 191 Å². The van der Waals surface area contributed by atoms with Crippen LogP contribution >= 0.6 is 0 Å². The Balaban J connectivity index is 1.48. The van der Waals surface area contributed by atoms with Gasteiger partial charge in [-0.25, -0.2) is 4.79 Å². The molecule has 1 unspecified atom stereocenters. The minimum Gasteiger partial charge on any atom is -0.497 e. The summed E-state index contributed by atoms with van der Waals surface area (Å²) >= 11 is 0. The normalized spacial score (nSPS) is 15.6. The zero-order chi connectivity index (χ0) is 23.8. The number of likely N-dealkylation sites (N-methyl/N-ethyl adjacent to an activating group) is 1. The summed E-state index contributed by atoms with van der Waals surface area (Å²) in [6, 6.07) is 12.5. The average Bonchev–Trinajstić information content (AvgIpc) is 2.84. The van der Waals surface area contributed by atoms with Crippen LogP contribution in [0.5, 0.6) is 5.75 Å². The first kappa shape index (κ1) is 23.9. The van der Waals surface area contributed by atoms with Gasteiger partial charge in [-0.1, -0.05) is 0 Å². The van der Waals surface area contributed by atoms with Crippen LogP contribution in [-0.4, -0.2) is 68.0 Å². The number of esters is 1. The molecule has 1 saturated heterocycles. The van der Waals surface area contributed by atoms with Gasteiger partial charge >= 0.3 is 5.97 Å². The van der Waals surface area contributed by atoms with E-state index in [-0.39, 0.29) is 29.6 Å². The van der Waals surface area contributed by atoms with Crippen molar-refractivity contribution in [1.29, 1.82) is 0 Å². The van der Waals surface area contributed by atoms with E-state index in [0.29, 0.717) is 36.7 Å². The molecule has 1 aliphatic rings. The predicted molar refractivity (Wildman–Crippen MR) is 119 cm³/mol. The highest BCUT2D eigenvalue weighted by Gasteiger charge is 2.30. The third kappa shape index (κ3) is 6.39. The molecule has 0 radical (unpaired) electrons. The van der Waals surface area contributed by atoms with E-state index in [9.17, 15) is 19.2 Å². The van der Waals surface area contributed by atoms with Gasteiger partial charge in [-0.2, -0.15) is 0 Å². The number of amides is 2. The molecule has 2 amide bonds. The summed E-state index contributed by atoms with van der Waals surface area (Å²) in [5.41, 5.74) is 1.10. The zero-order valence-corrected chi connectivity index (χ0v) is 18.5. The van der Waals surface area contributed by atoms with Crippen LogP contribution in [0.4, 0.5) is 5.69 Å². The second-order valence-corrected chi connectivity index (χ2v) is 7.33. The topological polar surface area (TPSA) is 111 Å². The van der Waals surface area contributed by atoms with E-state index in [1.54, 1.807) is 41.3 Å². The Bertz CT molecular complexity index is 1000. The number of Topliss-reactive ketones (excluding diaryl/α,β-unsaturated/α-hetero) is 1. The van der Waals surface area contributed by atoms with E-state index in [1.165, 1.54) is 19.2 Å². The second kappa shape index (κ2) is 11.2. The van der Waals surface area contributed by atoms with Crippen molar-refractivity contribution in [3.8, 4) is 5.75 Å². The number of benzene rings is 2. The van der Waals surface area contributed by atoms with Gasteiger partial charge < -0.3 is 24.4 Å². The number of ether oxygens (including phenoxy) is 3. The highest BCUT2D eigenvalue weighted by atomic mass is 16.5. The van der Waals surface area contributed by atoms with Crippen molar-refractivity contribution in [2.45, 2.75) is 19.4 Å². The van der Waals surface area contributed by atoms with Crippen molar-refractivity contribution in [2.24, 2.45) is 0 Å². The number of nitrogens with one attached hydrogen (secondary N) is 1. The average molecular weight is 454 g/mol. The molecular formula is C24H26N2O7. The first-order valence-electron chi connectivity index (χ1n) is 10.6. The molecule has 0 aliphatic carbocycles. The molecule has 1 atom stereocenters. The summed E-state index contributed by atoms with van der Waals surface area (Å²) in [6.45, 7) is 2.98. The third-order valence-electron chi connectivity index (χ3n) is 5.17. The number of carbonyl (C=O) groups excluding carboxylic acids is 4. The van der Waals surface area contributed by atoms with Gasteiger partial charge in [0.15, 0.2) is 12.4 Å². The van der Waals surface area contributed by atoms with Crippen LogP contribution in [0, 0.1) is 0 Å². The summed E-state index contributed by atoms with van der Waals surface area (Å²) in [5, 5.41) is 2.68. The van der Waals surface area contributed by atoms with Gasteiger partial charge in [0.2, 0.25) is 5.91 Å². The van der Waals surface area contributed by atoms with Crippen LogP contribution in [0.25, 0.3) is 0 Å². The smallest absolute Gasteiger partial charge is 0.338 e. The number of methoxy groups -OCH3 is 1. The van der Waals surface area contributed by atoms with Gasteiger partial charge in [0, 0.05) is 24.3 Å². The van der Waals surface area contributed by atoms with Crippen molar-refractivity contribution in [3.63, 3.8) is 0 Å². The molecule has 0 bridgehead atoms. The Morgan fingerprint density at radius 1 is 1.06 bits per heavy atom. The summed E-state index contributed by atoms with van der Waals surface area (Å²) in [6.07, 6.45) is -0.886. The minimum atomic E-state index is -0.795. The highest BCUT2D eigenvalue weighted by molar-refractivity contribution is 6.00. The third-order valence-corrected chi connectivity index (χ3v) is 5.17. The Morgan fingerprint density at radius 3 is 2.36 bits per heavy atom. The van der Waals surface area contributed by atoms with E-state index in [1.807, 2.05) is 6.92 Å². The van der Waals surface area contributed by atoms with Gasteiger partial charge in [0.1, 0.15) is 11.9 Å². The fraction of sp³-hybridized carbons (Fsp3) is 0.333. The first-order chi connectivity index (χ1) is 15.9. The molecule has 2 aromatic carbocycles. The monoisotopic (exact) mass is 454 g/mol. The lowest BCUT2D eigenvalue weighted by Crippen LogP contribution is -2.48. The molecule has 1 N–H and O–H groups in total. The molecule has 9 heteroatoms. The second-order valence-electron chi connectivity index (χ2n) is 7.33. The largest absolute Gasteiger partial charge is 0.497 e. The fourth-order valence-electron chi connectivity index (χ4n) is 3.30. The van der Waals surface area contributed by atoms with Gasteiger partial charge in [-0.05, 0) is 55.5 Å². The van der Waals surface area contributed by atoms with Crippen molar-refractivity contribution in [1.82, 2.24) is 4.90 Å². The summed E-state index contributed by atoms with van der Waals surface area (Å²) in [5.74, 6) is -0.934. The SMILES string of the molecule is CCN1CCOC(CC(=O)Nc2ccc(C(=O)OCC(=O)c3ccc(OC)cc3)cc2)C1=O. The maximum absolute atomic E-state index is 12.3. The number of ketones is 1. The van der Waals surface area contributed by atoms with Crippen LogP contribution in [-0.2, 0) is 19.1 Å². The predicted octanol–water partition coefficient (Wildman–Crippen LogP) is 2.31. The lowest BCUT2D eigenvalue weighted by molar-refractivity contribution is -0.154. The summed E-state index contributed by atoms with van der Waals surface area (Å²) < 4.78 is 15.6. The van der Waals surface area contributed by atoms with Gasteiger partial charge in [0.25, 0.3) is 5.91 Å². The Kier molecular flexibility index (Phi) is 8.15. The van der Waals surface area contributed by atoms with Crippen LogP contribution < -0.4 is 10.1 Å². The Hall–Kier alpha value is -3.72. The van der Waals surface area contributed by atoms with Gasteiger partial charge in [0.05, 0.1) is 25.7 Å². The molecule has 1 aliphatic heterocycles. The molecule has 1 heterocycles. The van der Waals surface area contributed by atoms with Crippen LogP contribution in [0.3, 0.4) is 0 Å². The quantitative estimate of drug-likeness (QED) is 0.457. The molecule has 0 spiro atoms. The van der Waals surface area contributed by atoms with Gasteiger partial charge in [-0.3, -0.25) is 14.4 Å². The number of rotatable bonds is 9. The van der Waals surface area contributed by atoms with E-state index in [0.717, 1.165) is 0 Å². The van der Waals surface area contributed by atoms with E-state index in [4.69, 9.17) is 14.2 Å². The summed E-state index contributed by atoms with van der Waals surface area (Å²) in [7, 11) is 1.53. The lowest BCUT2D eigenvalue weighted by atomic mass is 10.1.